The van der Waals surface area contributed by atoms with Gasteiger partial charge in [0.2, 0.25) is 11.8 Å². The molecule has 2 N–H and O–H groups in total. The van der Waals surface area contributed by atoms with Gasteiger partial charge >= 0.3 is 12.1 Å². The first-order valence-corrected chi connectivity index (χ1v) is 13.0. The molecule has 1 aromatic heterocycles. The molecule has 0 saturated heterocycles. The van der Waals surface area contributed by atoms with E-state index in [1.54, 1.807) is 51.2 Å². The average Bonchev–Trinajstić information content (AvgIpc) is 2.83. The van der Waals surface area contributed by atoms with Gasteiger partial charge in [0.1, 0.15) is 11.4 Å². The Hall–Kier alpha value is -3.47. The van der Waals surface area contributed by atoms with Crippen LogP contribution in [-0.2, 0) is 23.9 Å². The molecule has 2 rings (SSSR count). The Kier molecular flexibility index (Phi) is 11.7. The first-order valence-electron chi connectivity index (χ1n) is 12.2. The van der Waals surface area contributed by atoms with E-state index in [0.29, 0.717) is 12.2 Å². The number of methoxy groups -OCH3 is 1. The summed E-state index contributed by atoms with van der Waals surface area (Å²) >= 11 is 3.38. The van der Waals surface area contributed by atoms with Crippen molar-refractivity contribution < 1.29 is 28.7 Å². The van der Waals surface area contributed by atoms with Gasteiger partial charge in [0.15, 0.2) is 0 Å². The maximum absolute atomic E-state index is 12.8. The number of ether oxygens (including phenoxy) is 2. The van der Waals surface area contributed by atoms with Crippen LogP contribution >= 0.6 is 15.9 Å². The number of nitrogens with zero attached hydrogens (tertiary/aromatic N) is 2. The highest BCUT2D eigenvalue weighted by molar-refractivity contribution is 9.10. The van der Waals surface area contributed by atoms with E-state index in [0.717, 1.165) is 15.6 Å². The van der Waals surface area contributed by atoms with Crippen LogP contribution in [0.5, 0.6) is 0 Å². The summed E-state index contributed by atoms with van der Waals surface area (Å²) < 4.78 is 11.0. The monoisotopic (exact) mass is 590 g/mol. The third-order valence-electron chi connectivity index (χ3n) is 5.21. The molecule has 0 bridgehead atoms. The Bertz CT molecular complexity index is 1130. The lowest BCUT2D eigenvalue weighted by atomic mass is 10.0. The van der Waals surface area contributed by atoms with Crippen molar-refractivity contribution in [1.82, 2.24) is 15.6 Å². The van der Waals surface area contributed by atoms with Crippen molar-refractivity contribution in [2.75, 3.05) is 25.1 Å². The van der Waals surface area contributed by atoms with Crippen molar-refractivity contribution >= 4 is 45.6 Å². The zero-order valence-corrected chi connectivity index (χ0v) is 24.0. The molecule has 11 heteroatoms. The van der Waals surface area contributed by atoms with Crippen LogP contribution in [0.25, 0.3) is 0 Å². The third-order valence-corrected chi connectivity index (χ3v) is 5.70. The Morgan fingerprint density at radius 2 is 1.84 bits per heavy atom. The van der Waals surface area contributed by atoms with Crippen LogP contribution in [0, 0.1) is 6.92 Å². The first kappa shape index (κ1) is 30.8. The molecule has 38 heavy (non-hydrogen) atoms. The first-order chi connectivity index (χ1) is 17.9. The number of hydrogen-bond acceptors (Lipinski definition) is 7. The van der Waals surface area contributed by atoms with Gasteiger partial charge in [0.25, 0.3) is 0 Å². The molecule has 0 aliphatic carbocycles. The fourth-order valence-electron chi connectivity index (χ4n) is 3.42. The van der Waals surface area contributed by atoms with E-state index in [4.69, 9.17) is 9.47 Å². The van der Waals surface area contributed by atoms with Crippen LogP contribution in [0.1, 0.15) is 57.2 Å². The normalized spacial score (nSPS) is 11.7. The van der Waals surface area contributed by atoms with E-state index in [1.165, 1.54) is 12.0 Å². The van der Waals surface area contributed by atoms with Gasteiger partial charge in [0, 0.05) is 23.6 Å². The minimum Gasteiger partial charge on any atom is -0.469 e. The highest BCUT2D eigenvalue weighted by Gasteiger charge is 2.24. The van der Waals surface area contributed by atoms with E-state index in [1.807, 2.05) is 19.1 Å². The van der Waals surface area contributed by atoms with Gasteiger partial charge in [0.05, 0.1) is 26.1 Å². The number of carbonyl (C=O) groups excluding carboxylic acids is 4. The van der Waals surface area contributed by atoms with E-state index < -0.39 is 29.6 Å². The number of benzene rings is 1. The summed E-state index contributed by atoms with van der Waals surface area (Å²) in [5, 5.41) is 5.35. The van der Waals surface area contributed by atoms with Crippen molar-refractivity contribution in [3.05, 3.63) is 58.2 Å². The largest absolute Gasteiger partial charge is 0.469 e. The highest BCUT2D eigenvalue weighted by atomic mass is 79.9. The number of aromatic nitrogens is 1. The van der Waals surface area contributed by atoms with E-state index in [-0.39, 0.29) is 31.8 Å². The molecule has 2 aromatic rings. The minimum absolute atomic E-state index is 0.0554. The number of anilines is 1. The summed E-state index contributed by atoms with van der Waals surface area (Å²) in [7, 11) is 1.28. The van der Waals surface area contributed by atoms with Crippen LogP contribution in [0.15, 0.2) is 47.1 Å². The lowest BCUT2D eigenvalue weighted by Crippen LogP contribution is -2.40. The fourth-order valence-corrected chi connectivity index (χ4v) is 3.84. The molecule has 0 aliphatic heterocycles. The van der Waals surface area contributed by atoms with Crippen molar-refractivity contribution in [2.24, 2.45) is 0 Å². The molecule has 0 fully saturated rings. The second kappa shape index (κ2) is 14.5. The van der Waals surface area contributed by atoms with Crippen molar-refractivity contribution in [3.63, 3.8) is 0 Å². The quantitative estimate of drug-likeness (QED) is 0.375. The molecule has 0 spiro atoms. The number of nitrogens with one attached hydrogen (secondary N) is 2. The zero-order valence-electron chi connectivity index (χ0n) is 22.4. The van der Waals surface area contributed by atoms with Gasteiger partial charge < -0.3 is 20.1 Å². The SMILES string of the molecule is COC(=O)C[C@H](NC(=O)CNC(=O)CCCN(C(=O)OC(C)(C)C)c1cc(C)ccn1)c1cccc(Br)c1. The minimum atomic E-state index is -0.689. The molecule has 3 amide bonds. The number of hydrogen-bond donors (Lipinski definition) is 2. The van der Waals surface area contributed by atoms with Crippen LogP contribution in [0.3, 0.4) is 0 Å². The molecule has 1 heterocycles. The smallest absolute Gasteiger partial charge is 0.416 e. The molecule has 10 nitrogen and oxygen atoms in total. The van der Waals surface area contributed by atoms with Crippen LogP contribution in [0.4, 0.5) is 10.6 Å². The second-order valence-electron chi connectivity index (χ2n) is 9.66. The second-order valence-corrected chi connectivity index (χ2v) is 10.6. The molecule has 0 radical (unpaired) electrons. The van der Waals surface area contributed by atoms with Crippen LogP contribution < -0.4 is 15.5 Å². The summed E-state index contributed by atoms with van der Waals surface area (Å²) in [5.41, 5.74) is 0.961. The van der Waals surface area contributed by atoms with E-state index in [9.17, 15) is 19.2 Å². The number of pyridine rings is 1. The van der Waals surface area contributed by atoms with Crippen molar-refractivity contribution in [3.8, 4) is 0 Å². The van der Waals surface area contributed by atoms with Gasteiger partial charge in [-0.2, -0.15) is 0 Å². The van der Waals surface area contributed by atoms with Gasteiger partial charge in [-0.1, -0.05) is 28.1 Å². The molecule has 1 atom stereocenters. The Morgan fingerprint density at radius 3 is 2.47 bits per heavy atom. The zero-order chi connectivity index (χ0) is 28.3. The summed E-state index contributed by atoms with van der Waals surface area (Å²) in [6.07, 6.45) is 1.40. The maximum atomic E-state index is 12.8. The van der Waals surface area contributed by atoms with Crippen LogP contribution in [0.2, 0.25) is 0 Å². The maximum Gasteiger partial charge on any atom is 0.416 e. The van der Waals surface area contributed by atoms with Gasteiger partial charge in [-0.25, -0.2) is 9.78 Å². The summed E-state index contributed by atoms with van der Waals surface area (Å²) in [4.78, 5) is 55.3. The predicted octanol–water partition coefficient (Wildman–Crippen LogP) is 4.21. The standard InChI is InChI=1S/C27H35BrN4O6/c1-18-11-12-29-22(14-18)32(26(36)38-27(2,3)4)13-7-10-23(33)30-17-24(34)31-21(16-25(35)37-5)19-8-6-9-20(28)15-19/h6,8-9,11-12,14-15,21H,7,10,13,16-17H2,1-5H3,(H,30,33)(H,31,34)/t21-/m0/s1. The summed E-state index contributed by atoms with van der Waals surface area (Å²) in [6, 6.07) is 10.2. The Balaban J connectivity index is 1.92. The number of esters is 1. The molecule has 1 aromatic carbocycles. The van der Waals surface area contributed by atoms with Crippen molar-refractivity contribution in [1.29, 1.82) is 0 Å². The summed E-state index contributed by atoms with van der Waals surface area (Å²) in [5.74, 6) is -0.847. The van der Waals surface area contributed by atoms with Crippen molar-refractivity contribution in [2.45, 2.75) is 58.6 Å². The third kappa shape index (κ3) is 10.9. The summed E-state index contributed by atoms with van der Waals surface area (Å²) in [6.45, 7) is 7.16. The molecule has 0 unspecified atom stereocenters. The Morgan fingerprint density at radius 1 is 1.11 bits per heavy atom. The number of aryl methyl sites for hydroxylation is 1. The lowest BCUT2D eigenvalue weighted by Gasteiger charge is -2.27. The number of carbonyl (C=O) groups is 4. The molecule has 0 saturated carbocycles. The van der Waals surface area contributed by atoms with Gasteiger partial charge in [-0.15, -0.1) is 0 Å². The van der Waals surface area contributed by atoms with Gasteiger partial charge in [-0.05, 0) is 69.5 Å². The number of rotatable bonds is 11. The lowest BCUT2D eigenvalue weighted by molar-refractivity contribution is -0.141. The average molecular weight is 592 g/mol. The molecule has 0 aliphatic rings. The number of halogens is 1. The van der Waals surface area contributed by atoms with E-state index in [2.05, 4.69) is 31.5 Å². The fraction of sp³-hybridized carbons (Fsp3) is 0.444. The Labute approximate surface area is 231 Å². The highest BCUT2D eigenvalue weighted by Crippen LogP contribution is 2.21. The predicted molar refractivity (Wildman–Crippen MR) is 146 cm³/mol. The topological polar surface area (TPSA) is 127 Å². The van der Waals surface area contributed by atoms with Gasteiger partial charge in [-0.3, -0.25) is 19.3 Å². The molecule has 206 valence electrons. The van der Waals surface area contributed by atoms with Crippen LogP contribution in [-0.4, -0.2) is 54.7 Å². The molecular weight excluding hydrogens is 556 g/mol. The molecular formula is C27H35BrN4O6. The van der Waals surface area contributed by atoms with E-state index >= 15 is 0 Å². The number of amides is 3.